The quantitative estimate of drug-likeness (QED) is 0.258. The molecular weight excluding hydrogens is 516 g/mol. The Bertz CT molecular complexity index is 1620. The first-order valence-corrected chi connectivity index (χ1v) is 13.6. The molecular formula is C31H32N8O2. The molecule has 2 aromatic carbocycles. The fourth-order valence-corrected chi connectivity index (χ4v) is 5.00. The van der Waals surface area contributed by atoms with Gasteiger partial charge in [-0.3, -0.25) is 4.79 Å². The number of imidazole rings is 1. The molecule has 4 heterocycles. The summed E-state index contributed by atoms with van der Waals surface area (Å²) >= 11 is 0. The van der Waals surface area contributed by atoms with Crippen molar-refractivity contribution in [2.24, 2.45) is 4.99 Å². The lowest BCUT2D eigenvalue weighted by atomic mass is 10.1. The van der Waals surface area contributed by atoms with Crippen molar-refractivity contribution in [3.05, 3.63) is 89.2 Å². The van der Waals surface area contributed by atoms with Gasteiger partial charge in [-0.05, 0) is 49.9 Å². The third kappa shape index (κ3) is 5.82. The number of amides is 1. The number of fused-ring (bicyclic) bond motifs is 1. The fourth-order valence-electron chi connectivity index (χ4n) is 5.00. The van der Waals surface area contributed by atoms with Crippen LogP contribution < -0.4 is 15.5 Å². The summed E-state index contributed by atoms with van der Waals surface area (Å²) < 4.78 is 0. The van der Waals surface area contributed by atoms with Gasteiger partial charge in [-0.2, -0.15) is 4.98 Å². The maximum Gasteiger partial charge on any atom is 0.255 e. The van der Waals surface area contributed by atoms with Crippen molar-refractivity contribution < 1.29 is 9.90 Å². The Hall–Kier alpha value is -4.96. The SMILES string of the molecule is CC(Nc1nc(O)c(C=C2C=Nc3ncc(NC(=O)c4cccc(N5CCN(C)CC5)c4)cc32)[nH]1)c1ccccc1. The molecule has 0 spiro atoms. The van der Waals surface area contributed by atoms with Crippen LogP contribution in [0.25, 0.3) is 11.6 Å². The Labute approximate surface area is 238 Å². The van der Waals surface area contributed by atoms with Gasteiger partial charge in [0.2, 0.25) is 11.8 Å². The second-order valence-electron chi connectivity index (χ2n) is 10.3. The number of nitrogens with one attached hydrogen (secondary N) is 3. The van der Waals surface area contributed by atoms with E-state index in [1.54, 1.807) is 18.5 Å². The zero-order valence-corrected chi connectivity index (χ0v) is 23.0. The number of likely N-dealkylation sites (N-methyl/N-ethyl adjacent to an activating group) is 1. The maximum absolute atomic E-state index is 13.1. The normalized spacial score (nSPS) is 16.5. The van der Waals surface area contributed by atoms with Crippen LogP contribution in [0.15, 0.2) is 71.9 Å². The molecule has 4 N–H and O–H groups in total. The first-order valence-electron chi connectivity index (χ1n) is 13.6. The zero-order chi connectivity index (χ0) is 28.3. The van der Waals surface area contributed by atoms with E-state index in [1.165, 1.54) is 0 Å². The molecule has 1 atom stereocenters. The summed E-state index contributed by atoms with van der Waals surface area (Å²) in [7, 11) is 2.12. The van der Waals surface area contributed by atoms with E-state index in [0.717, 1.165) is 48.6 Å². The molecule has 41 heavy (non-hydrogen) atoms. The van der Waals surface area contributed by atoms with Crippen LogP contribution in [0.1, 0.15) is 40.1 Å². The van der Waals surface area contributed by atoms with E-state index in [1.807, 2.05) is 67.6 Å². The standard InChI is InChI=1S/C31H32N8O2/c1-20(21-7-4-3-5-8-21)34-31-36-27(30(41)37-31)16-23-18-32-28-26(23)17-24(19-33-28)35-29(40)22-9-6-10-25(15-22)39-13-11-38(2)12-14-39/h3-10,15-20,41H,11-14H2,1-2H3,(H,35,40)(H2,34,36,37). The summed E-state index contributed by atoms with van der Waals surface area (Å²) in [6.07, 6.45) is 5.05. The summed E-state index contributed by atoms with van der Waals surface area (Å²) in [6, 6.07) is 19.5. The first-order chi connectivity index (χ1) is 19.9. The molecule has 2 aliphatic heterocycles. The minimum absolute atomic E-state index is 0.00589. The highest BCUT2D eigenvalue weighted by molar-refractivity contribution is 6.21. The van der Waals surface area contributed by atoms with Crippen molar-refractivity contribution >= 4 is 46.9 Å². The molecule has 10 nitrogen and oxygen atoms in total. The number of H-pyrrole nitrogens is 1. The maximum atomic E-state index is 13.1. The molecule has 6 rings (SSSR count). The molecule has 1 fully saturated rings. The largest absolute Gasteiger partial charge is 0.492 e. The molecule has 0 saturated carbocycles. The van der Waals surface area contributed by atoms with E-state index in [9.17, 15) is 9.90 Å². The van der Waals surface area contributed by atoms with E-state index >= 15 is 0 Å². The minimum Gasteiger partial charge on any atom is -0.492 e. The monoisotopic (exact) mass is 548 g/mol. The van der Waals surface area contributed by atoms with Crippen LogP contribution >= 0.6 is 0 Å². The topological polar surface area (TPSA) is 122 Å². The van der Waals surface area contributed by atoms with Crippen molar-refractivity contribution in [1.82, 2.24) is 19.9 Å². The van der Waals surface area contributed by atoms with Crippen molar-refractivity contribution in [2.75, 3.05) is 48.8 Å². The summed E-state index contributed by atoms with van der Waals surface area (Å²) in [5.74, 6) is 0.668. The number of hydrogen-bond donors (Lipinski definition) is 4. The number of hydrogen-bond acceptors (Lipinski definition) is 8. The second kappa shape index (κ2) is 11.3. The number of aliphatic imine (C=N–C) groups is 1. The predicted octanol–water partition coefficient (Wildman–Crippen LogP) is 4.94. The lowest BCUT2D eigenvalue weighted by molar-refractivity contribution is 0.102. The number of anilines is 3. The molecule has 2 aliphatic rings. The van der Waals surface area contributed by atoms with E-state index in [0.29, 0.717) is 28.7 Å². The summed E-state index contributed by atoms with van der Waals surface area (Å²) in [5.41, 5.74) is 5.22. The number of benzene rings is 2. The van der Waals surface area contributed by atoms with Gasteiger partial charge in [0, 0.05) is 54.8 Å². The van der Waals surface area contributed by atoms with E-state index < -0.39 is 0 Å². The number of aromatic amines is 1. The number of aromatic hydroxyl groups is 1. The molecule has 0 radical (unpaired) electrons. The van der Waals surface area contributed by atoms with Crippen molar-refractivity contribution in [3.8, 4) is 5.88 Å². The van der Waals surface area contributed by atoms with Crippen LogP contribution in [0.2, 0.25) is 0 Å². The number of allylic oxidation sites excluding steroid dienone is 1. The fraction of sp³-hybridized carbons (Fsp3) is 0.226. The number of carbonyl (C=O) groups excluding carboxylic acids is 1. The van der Waals surface area contributed by atoms with Gasteiger partial charge < -0.3 is 30.5 Å². The molecule has 4 aromatic rings. The van der Waals surface area contributed by atoms with Crippen LogP contribution in [0.4, 0.5) is 23.1 Å². The Balaban J connectivity index is 1.17. The van der Waals surface area contributed by atoms with Gasteiger partial charge in [-0.15, -0.1) is 0 Å². The van der Waals surface area contributed by atoms with E-state index in [-0.39, 0.29) is 17.8 Å². The summed E-state index contributed by atoms with van der Waals surface area (Å²) in [4.78, 5) is 33.9. The third-order valence-corrected chi connectivity index (χ3v) is 7.40. The molecule has 1 unspecified atom stereocenters. The molecule has 10 heteroatoms. The lowest BCUT2D eigenvalue weighted by Gasteiger charge is -2.34. The van der Waals surface area contributed by atoms with Gasteiger partial charge in [0.1, 0.15) is 5.69 Å². The molecule has 2 aromatic heterocycles. The Morgan fingerprint density at radius 1 is 1.07 bits per heavy atom. The number of aromatic nitrogens is 3. The predicted molar refractivity (Wildman–Crippen MR) is 163 cm³/mol. The summed E-state index contributed by atoms with van der Waals surface area (Å²) in [6.45, 7) is 5.88. The Morgan fingerprint density at radius 3 is 2.68 bits per heavy atom. The molecule has 208 valence electrons. The minimum atomic E-state index is -0.207. The van der Waals surface area contributed by atoms with Crippen molar-refractivity contribution in [3.63, 3.8) is 0 Å². The van der Waals surface area contributed by atoms with Crippen LogP contribution in [0, 0.1) is 0 Å². The van der Waals surface area contributed by atoms with Crippen LogP contribution in [0.3, 0.4) is 0 Å². The van der Waals surface area contributed by atoms with Crippen molar-refractivity contribution in [2.45, 2.75) is 13.0 Å². The lowest BCUT2D eigenvalue weighted by Crippen LogP contribution is -2.44. The van der Waals surface area contributed by atoms with E-state index in [2.05, 4.69) is 47.4 Å². The Kier molecular flexibility index (Phi) is 7.22. The number of nitrogens with zero attached hydrogens (tertiary/aromatic N) is 5. The third-order valence-electron chi connectivity index (χ3n) is 7.40. The molecule has 0 bridgehead atoms. The second-order valence-corrected chi connectivity index (χ2v) is 10.3. The molecule has 1 saturated heterocycles. The van der Waals surface area contributed by atoms with Gasteiger partial charge in [0.25, 0.3) is 5.91 Å². The first kappa shape index (κ1) is 26.3. The molecule has 0 aliphatic carbocycles. The number of piperazine rings is 1. The Morgan fingerprint density at radius 2 is 1.88 bits per heavy atom. The van der Waals surface area contributed by atoms with Crippen LogP contribution in [0.5, 0.6) is 5.88 Å². The number of pyridine rings is 1. The average molecular weight is 549 g/mol. The number of carbonyl (C=O) groups is 1. The average Bonchev–Trinajstić information content (AvgIpc) is 3.55. The van der Waals surface area contributed by atoms with Gasteiger partial charge >= 0.3 is 0 Å². The highest BCUT2D eigenvalue weighted by Crippen LogP contribution is 2.34. The van der Waals surface area contributed by atoms with Gasteiger partial charge in [-0.25, -0.2) is 9.98 Å². The van der Waals surface area contributed by atoms with Crippen molar-refractivity contribution in [1.29, 1.82) is 0 Å². The zero-order valence-electron chi connectivity index (χ0n) is 23.0. The van der Waals surface area contributed by atoms with Crippen LogP contribution in [-0.2, 0) is 0 Å². The summed E-state index contributed by atoms with van der Waals surface area (Å²) in [5, 5.41) is 16.8. The van der Waals surface area contributed by atoms with E-state index in [4.69, 9.17) is 0 Å². The van der Waals surface area contributed by atoms with Gasteiger partial charge in [0.05, 0.1) is 17.9 Å². The van der Waals surface area contributed by atoms with Gasteiger partial charge in [0.15, 0.2) is 5.82 Å². The number of rotatable bonds is 7. The smallest absolute Gasteiger partial charge is 0.255 e. The van der Waals surface area contributed by atoms with Crippen LogP contribution in [-0.4, -0.2) is 70.3 Å². The highest BCUT2D eigenvalue weighted by Gasteiger charge is 2.19. The van der Waals surface area contributed by atoms with Gasteiger partial charge in [-0.1, -0.05) is 36.4 Å². The highest BCUT2D eigenvalue weighted by atomic mass is 16.3. The molecule has 1 amide bonds.